The van der Waals surface area contributed by atoms with Crippen molar-refractivity contribution >= 4 is 17.5 Å². The number of anilines is 1. The van der Waals surface area contributed by atoms with Crippen molar-refractivity contribution in [2.45, 2.75) is 33.2 Å². The normalized spacial score (nSPS) is 21.0. The second kappa shape index (κ2) is 6.10. The van der Waals surface area contributed by atoms with Gasteiger partial charge in [0.05, 0.1) is 5.92 Å². The first-order valence-corrected chi connectivity index (χ1v) is 7.96. The fourth-order valence-electron chi connectivity index (χ4n) is 2.69. The summed E-state index contributed by atoms with van der Waals surface area (Å²) in [6, 6.07) is 5.50. The molecular weight excluding hydrogens is 296 g/mol. The molecule has 1 saturated heterocycles. The molecule has 2 heterocycles. The molecule has 2 aliphatic rings. The van der Waals surface area contributed by atoms with Crippen LogP contribution in [0.2, 0.25) is 0 Å². The van der Waals surface area contributed by atoms with Gasteiger partial charge in [0.1, 0.15) is 0 Å². The number of amides is 2. The van der Waals surface area contributed by atoms with E-state index in [0.29, 0.717) is 24.0 Å². The van der Waals surface area contributed by atoms with Gasteiger partial charge in [-0.15, -0.1) is 0 Å². The maximum Gasteiger partial charge on any atom is 0.231 e. The fourth-order valence-corrected chi connectivity index (χ4v) is 2.69. The predicted molar refractivity (Wildman–Crippen MR) is 85.5 cm³/mol. The zero-order chi connectivity index (χ0) is 16.6. The Bertz CT molecular complexity index is 629. The van der Waals surface area contributed by atoms with E-state index in [1.807, 2.05) is 13.0 Å². The summed E-state index contributed by atoms with van der Waals surface area (Å²) in [5.41, 5.74) is 0.742. The van der Waals surface area contributed by atoms with E-state index in [1.165, 1.54) is 0 Å². The van der Waals surface area contributed by atoms with E-state index in [0.717, 1.165) is 5.69 Å². The third-order valence-electron chi connectivity index (χ3n) is 4.53. The van der Waals surface area contributed by atoms with Gasteiger partial charge in [-0.05, 0) is 25.0 Å². The molecule has 0 aromatic heterocycles. The van der Waals surface area contributed by atoms with Crippen molar-refractivity contribution in [1.82, 2.24) is 5.32 Å². The lowest BCUT2D eigenvalue weighted by Gasteiger charge is -2.20. The highest BCUT2D eigenvalue weighted by atomic mass is 16.7. The van der Waals surface area contributed by atoms with Gasteiger partial charge in [0.15, 0.2) is 11.5 Å². The van der Waals surface area contributed by atoms with Gasteiger partial charge in [0, 0.05) is 30.8 Å². The van der Waals surface area contributed by atoms with Crippen LogP contribution in [0, 0.1) is 11.8 Å². The summed E-state index contributed by atoms with van der Waals surface area (Å²) < 4.78 is 10.6. The van der Waals surface area contributed by atoms with Crippen LogP contribution in [-0.2, 0) is 9.59 Å². The van der Waals surface area contributed by atoms with Crippen molar-refractivity contribution in [2.24, 2.45) is 11.8 Å². The van der Waals surface area contributed by atoms with Gasteiger partial charge in [-0.2, -0.15) is 0 Å². The molecule has 1 fully saturated rings. The molecule has 6 heteroatoms. The van der Waals surface area contributed by atoms with E-state index in [1.54, 1.807) is 17.0 Å². The Labute approximate surface area is 135 Å². The number of hydrogen-bond donors (Lipinski definition) is 1. The number of benzene rings is 1. The average Bonchev–Trinajstić information content (AvgIpc) is 3.12. The number of ether oxygens (including phenoxy) is 2. The second-order valence-corrected chi connectivity index (χ2v) is 6.48. The third-order valence-corrected chi connectivity index (χ3v) is 4.53. The Balaban J connectivity index is 1.69. The van der Waals surface area contributed by atoms with Crippen LogP contribution in [0.3, 0.4) is 0 Å². The lowest BCUT2D eigenvalue weighted by atomic mass is 10.0. The van der Waals surface area contributed by atoms with Crippen LogP contribution in [0.25, 0.3) is 0 Å². The molecule has 6 nitrogen and oxygen atoms in total. The molecule has 1 aromatic rings. The number of carbonyl (C=O) groups is 2. The van der Waals surface area contributed by atoms with Gasteiger partial charge < -0.3 is 19.7 Å². The molecule has 2 unspecified atom stereocenters. The van der Waals surface area contributed by atoms with Gasteiger partial charge in [-0.3, -0.25) is 9.59 Å². The standard InChI is InChI=1S/C17H22N2O4/c1-10(2)11(3)18-17(21)12-6-16(20)19(8-12)13-4-5-14-15(7-13)23-9-22-14/h4-5,7,10-12H,6,8-9H2,1-3H3,(H,18,21). The van der Waals surface area contributed by atoms with E-state index in [2.05, 4.69) is 19.2 Å². The summed E-state index contributed by atoms with van der Waals surface area (Å²) >= 11 is 0. The first-order valence-electron chi connectivity index (χ1n) is 7.96. The van der Waals surface area contributed by atoms with E-state index in [4.69, 9.17) is 9.47 Å². The number of nitrogens with zero attached hydrogens (tertiary/aromatic N) is 1. The van der Waals surface area contributed by atoms with Crippen molar-refractivity contribution in [1.29, 1.82) is 0 Å². The SMILES string of the molecule is CC(C)C(C)NC(=O)C1CC(=O)N(c2ccc3c(c2)OCO3)C1. The molecule has 2 amide bonds. The highest BCUT2D eigenvalue weighted by molar-refractivity contribution is 6.00. The van der Waals surface area contributed by atoms with Crippen molar-refractivity contribution in [3.63, 3.8) is 0 Å². The fraction of sp³-hybridized carbons (Fsp3) is 0.529. The van der Waals surface area contributed by atoms with E-state index >= 15 is 0 Å². The van der Waals surface area contributed by atoms with Crippen LogP contribution in [0.15, 0.2) is 18.2 Å². The summed E-state index contributed by atoms with van der Waals surface area (Å²) in [4.78, 5) is 26.3. The van der Waals surface area contributed by atoms with Crippen molar-refractivity contribution in [3.05, 3.63) is 18.2 Å². The number of hydrogen-bond acceptors (Lipinski definition) is 4. The lowest BCUT2D eigenvalue weighted by molar-refractivity contribution is -0.127. The molecule has 0 saturated carbocycles. The van der Waals surface area contributed by atoms with E-state index in [9.17, 15) is 9.59 Å². The van der Waals surface area contributed by atoms with Crippen LogP contribution in [-0.4, -0.2) is 31.2 Å². The predicted octanol–water partition coefficient (Wildman–Crippen LogP) is 1.93. The van der Waals surface area contributed by atoms with E-state index < -0.39 is 0 Å². The largest absolute Gasteiger partial charge is 0.454 e. The molecular formula is C17H22N2O4. The Kier molecular flexibility index (Phi) is 4.15. The molecule has 3 rings (SSSR count). The molecule has 1 aromatic carbocycles. The summed E-state index contributed by atoms with van der Waals surface area (Å²) in [6.07, 6.45) is 0.241. The Morgan fingerprint density at radius 3 is 2.74 bits per heavy atom. The van der Waals surface area contributed by atoms with Crippen molar-refractivity contribution in [3.8, 4) is 11.5 Å². The van der Waals surface area contributed by atoms with Crippen molar-refractivity contribution < 1.29 is 19.1 Å². The minimum Gasteiger partial charge on any atom is -0.454 e. The zero-order valence-electron chi connectivity index (χ0n) is 13.7. The first-order chi connectivity index (χ1) is 11.0. The number of fused-ring (bicyclic) bond motifs is 1. The molecule has 2 atom stereocenters. The smallest absolute Gasteiger partial charge is 0.231 e. The molecule has 0 bridgehead atoms. The van der Waals surface area contributed by atoms with Crippen LogP contribution in [0.4, 0.5) is 5.69 Å². The molecule has 2 aliphatic heterocycles. The molecule has 0 spiro atoms. The molecule has 23 heavy (non-hydrogen) atoms. The van der Waals surface area contributed by atoms with Crippen LogP contribution in [0.5, 0.6) is 11.5 Å². The van der Waals surface area contributed by atoms with Gasteiger partial charge in [0.25, 0.3) is 0 Å². The minimum absolute atomic E-state index is 0.0405. The highest BCUT2D eigenvalue weighted by Gasteiger charge is 2.36. The minimum atomic E-state index is -0.311. The van der Waals surface area contributed by atoms with Crippen LogP contribution in [0.1, 0.15) is 27.2 Å². The summed E-state index contributed by atoms with van der Waals surface area (Å²) in [7, 11) is 0. The third kappa shape index (κ3) is 3.11. The van der Waals surface area contributed by atoms with Gasteiger partial charge in [-0.1, -0.05) is 13.8 Å². The second-order valence-electron chi connectivity index (χ2n) is 6.48. The number of rotatable bonds is 4. The monoisotopic (exact) mass is 318 g/mol. The molecule has 1 N–H and O–H groups in total. The average molecular weight is 318 g/mol. The molecule has 0 aliphatic carbocycles. The maximum atomic E-state index is 12.3. The summed E-state index contributed by atoms with van der Waals surface area (Å²) in [5, 5.41) is 2.99. The highest BCUT2D eigenvalue weighted by Crippen LogP contribution is 2.37. The topological polar surface area (TPSA) is 67.9 Å². The first kappa shape index (κ1) is 15.6. The molecule has 0 radical (unpaired) electrons. The quantitative estimate of drug-likeness (QED) is 0.921. The van der Waals surface area contributed by atoms with Gasteiger partial charge in [-0.25, -0.2) is 0 Å². The van der Waals surface area contributed by atoms with Gasteiger partial charge >= 0.3 is 0 Å². The van der Waals surface area contributed by atoms with Crippen LogP contribution >= 0.6 is 0 Å². The zero-order valence-corrected chi connectivity index (χ0v) is 13.7. The Morgan fingerprint density at radius 1 is 1.26 bits per heavy atom. The van der Waals surface area contributed by atoms with E-state index in [-0.39, 0.29) is 37.0 Å². The van der Waals surface area contributed by atoms with Crippen molar-refractivity contribution in [2.75, 3.05) is 18.2 Å². The molecule has 124 valence electrons. The summed E-state index contributed by atoms with van der Waals surface area (Å²) in [5.74, 6) is 1.27. The Hall–Kier alpha value is -2.24. The maximum absolute atomic E-state index is 12.3. The van der Waals surface area contributed by atoms with Crippen LogP contribution < -0.4 is 19.7 Å². The Morgan fingerprint density at radius 2 is 2.00 bits per heavy atom. The number of carbonyl (C=O) groups excluding carboxylic acids is 2. The summed E-state index contributed by atoms with van der Waals surface area (Å²) in [6.45, 7) is 6.70. The lowest BCUT2D eigenvalue weighted by Crippen LogP contribution is -2.40. The number of nitrogens with one attached hydrogen (secondary N) is 1. The van der Waals surface area contributed by atoms with Gasteiger partial charge in [0.2, 0.25) is 18.6 Å².